The molecule has 0 radical (unpaired) electrons. The van der Waals surface area contributed by atoms with E-state index in [2.05, 4.69) is 28.6 Å². The first-order valence-electron chi connectivity index (χ1n) is 11.7. The van der Waals surface area contributed by atoms with Crippen LogP contribution in [-0.4, -0.2) is 42.1 Å². The summed E-state index contributed by atoms with van der Waals surface area (Å²) in [7, 11) is 0. The van der Waals surface area contributed by atoms with E-state index < -0.39 is 29.0 Å². The molecule has 3 amide bonds. The average molecular weight is 490 g/mol. The number of carbonyl (C=O) groups is 3. The van der Waals surface area contributed by atoms with E-state index in [1.807, 2.05) is 91.0 Å². The molecule has 0 unspecified atom stereocenters. The third kappa shape index (κ3) is 8.94. The summed E-state index contributed by atoms with van der Waals surface area (Å²) in [5.41, 5.74) is 3.08. The van der Waals surface area contributed by atoms with Gasteiger partial charge in [0.15, 0.2) is 6.04 Å². The van der Waals surface area contributed by atoms with Gasteiger partial charge in [0, 0.05) is 13.1 Å². The van der Waals surface area contributed by atoms with Crippen LogP contribution in [0.1, 0.15) is 16.7 Å². The van der Waals surface area contributed by atoms with Crippen molar-refractivity contribution < 1.29 is 14.4 Å². The van der Waals surface area contributed by atoms with Gasteiger partial charge in [0.25, 0.3) is 11.8 Å². The Morgan fingerprint density at radius 2 is 1.00 bits per heavy atom. The topological polar surface area (TPSA) is 87.3 Å². The molecule has 0 bridgehead atoms. The summed E-state index contributed by atoms with van der Waals surface area (Å²) in [5, 5.41) is 7.44. The first kappa shape index (κ1) is 26.0. The second kappa shape index (κ2) is 14.0. The van der Waals surface area contributed by atoms with E-state index in [1.54, 1.807) is 0 Å². The van der Waals surface area contributed by atoms with E-state index in [0.29, 0.717) is 32.4 Å². The van der Waals surface area contributed by atoms with Gasteiger partial charge in [-0.1, -0.05) is 91.0 Å². The molecule has 0 spiro atoms. The maximum atomic E-state index is 12.9. The zero-order valence-corrected chi connectivity index (χ0v) is 20.4. The van der Waals surface area contributed by atoms with Gasteiger partial charge in [-0.05, 0) is 36.0 Å². The van der Waals surface area contributed by atoms with E-state index in [1.165, 1.54) is 0 Å². The fourth-order valence-corrected chi connectivity index (χ4v) is 3.86. The summed E-state index contributed by atoms with van der Waals surface area (Å²) in [6.07, 6.45) is 1.62. The van der Waals surface area contributed by atoms with E-state index in [9.17, 15) is 14.4 Å². The molecule has 182 valence electrons. The van der Waals surface area contributed by atoms with Crippen molar-refractivity contribution in [3.63, 3.8) is 0 Å². The minimum atomic E-state index is -1.35. The highest BCUT2D eigenvalue weighted by molar-refractivity contribution is 7.81. The van der Waals surface area contributed by atoms with Crippen LogP contribution in [0.2, 0.25) is 0 Å². The summed E-state index contributed by atoms with van der Waals surface area (Å²) in [5.74, 6) is -1.57. The number of benzene rings is 3. The normalized spacial score (nSPS) is 11.5. The van der Waals surface area contributed by atoms with Crippen molar-refractivity contribution in [2.24, 2.45) is 0 Å². The SMILES string of the molecule is O=C(NCCc1ccccc1)C(NC(=O)[C@@H](S)Cc1ccccc1)C(=O)NCCc1ccccc1. The molecule has 3 aromatic carbocycles. The van der Waals surface area contributed by atoms with Gasteiger partial charge >= 0.3 is 0 Å². The zero-order valence-electron chi connectivity index (χ0n) is 19.5. The van der Waals surface area contributed by atoms with Crippen LogP contribution in [0, 0.1) is 0 Å². The van der Waals surface area contributed by atoms with Gasteiger partial charge in [-0.2, -0.15) is 12.6 Å². The van der Waals surface area contributed by atoms with Gasteiger partial charge < -0.3 is 16.0 Å². The first-order chi connectivity index (χ1) is 17.0. The predicted octanol–water partition coefficient (Wildman–Crippen LogP) is 2.73. The molecule has 3 aromatic rings. The van der Waals surface area contributed by atoms with E-state index >= 15 is 0 Å². The lowest BCUT2D eigenvalue weighted by Crippen LogP contribution is -2.57. The summed E-state index contributed by atoms with van der Waals surface area (Å²) in [4.78, 5) is 38.6. The number of nitrogens with one attached hydrogen (secondary N) is 3. The lowest BCUT2D eigenvalue weighted by atomic mass is 10.1. The van der Waals surface area contributed by atoms with Gasteiger partial charge in [0.05, 0.1) is 5.25 Å². The van der Waals surface area contributed by atoms with Crippen LogP contribution < -0.4 is 16.0 Å². The van der Waals surface area contributed by atoms with Crippen LogP contribution in [0.25, 0.3) is 0 Å². The van der Waals surface area contributed by atoms with Crippen LogP contribution >= 0.6 is 12.6 Å². The van der Waals surface area contributed by atoms with Gasteiger partial charge in [-0.15, -0.1) is 0 Å². The number of hydrogen-bond donors (Lipinski definition) is 4. The standard InChI is InChI=1S/C28H31N3O3S/c32-26(24(35)20-23-14-8-3-9-15-23)31-25(27(33)29-18-16-21-10-4-1-5-11-21)28(34)30-19-17-22-12-6-2-7-13-22/h1-15,24-25,35H,16-20H2,(H,29,33)(H,30,34)(H,31,32)/t24-/m0/s1. The fourth-order valence-electron chi connectivity index (χ4n) is 3.57. The van der Waals surface area contributed by atoms with Crippen molar-refractivity contribution in [3.8, 4) is 0 Å². The lowest BCUT2D eigenvalue weighted by Gasteiger charge is -2.20. The summed E-state index contributed by atoms with van der Waals surface area (Å²) < 4.78 is 0. The third-order valence-corrected chi connectivity index (χ3v) is 5.91. The first-order valence-corrected chi connectivity index (χ1v) is 12.2. The zero-order chi connectivity index (χ0) is 24.9. The molecule has 0 aliphatic heterocycles. The van der Waals surface area contributed by atoms with Crippen molar-refractivity contribution in [1.82, 2.24) is 16.0 Å². The van der Waals surface area contributed by atoms with Crippen molar-refractivity contribution in [3.05, 3.63) is 108 Å². The van der Waals surface area contributed by atoms with Crippen LogP contribution in [0.4, 0.5) is 0 Å². The highest BCUT2D eigenvalue weighted by Gasteiger charge is 2.30. The molecule has 1 atom stereocenters. The maximum Gasteiger partial charge on any atom is 0.252 e. The number of hydrogen-bond acceptors (Lipinski definition) is 4. The van der Waals surface area contributed by atoms with Gasteiger partial charge in [-0.25, -0.2) is 0 Å². The second-order valence-electron chi connectivity index (χ2n) is 8.20. The Labute approximate surface area is 211 Å². The summed E-state index contributed by atoms with van der Waals surface area (Å²) in [6, 6.07) is 27.6. The smallest absolute Gasteiger partial charge is 0.252 e. The van der Waals surface area contributed by atoms with Crippen molar-refractivity contribution in [2.75, 3.05) is 13.1 Å². The Morgan fingerprint density at radius 3 is 1.43 bits per heavy atom. The van der Waals surface area contributed by atoms with E-state index in [0.717, 1.165) is 16.7 Å². The molecule has 7 heteroatoms. The van der Waals surface area contributed by atoms with E-state index in [-0.39, 0.29) is 0 Å². The Morgan fingerprint density at radius 1 is 0.600 bits per heavy atom. The minimum absolute atomic E-state index is 0.348. The van der Waals surface area contributed by atoms with Crippen LogP contribution in [-0.2, 0) is 33.6 Å². The van der Waals surface area contributed by atoms with E-state index in [4.69, 9.17) is 0 Å². The quantitative estimate of drug-likeness (QED) is 0.233. The third-order valence-electron chi connectivity index (χ3n) is 5.50. The van der Waals surface area contributed by atoms with Gasteiger partial charge in [-0.3, -0.25) is 14.4 Å². The Balaban J connectivity index is 1.59. The van der Waals surface area contributed by atoms with Crippen molar-refractivity contribution in [2.45, 2.75) is 30.6 Å². The van der Waals surface area contributed by atoms with Crippen LogP contribution in [0.15, 0.2) is 91.0 Å². The minimum Gasteiger partial charge on any atom is -0.354 e. The molecule has 0 aliphatic carbocycles. The van der Waals surface area contributed by atoms with Gasteiger partial charge in [0.1, 0.15) is 0 Å². The molecule has 0 saturated carbocycles. The molecule has 0 aliphatic rings. The fraction of sp³-hybridized carbons (Fsp3) is 0.250. The monoisotopic (exact) mass is 489 g/mol. The molecule has 6 nitrogen and oxygen atoms in total. The summed E-state index contributed by atoms with van der Waals surface area (Å²) in [6.45, 7) is 0.696. The Hall–Kier alpha value is -3.58. The number of thiol groups is 1. The molecule has 0 heterocycles. The molecular weight excluding hydrogens is 458 g/mol. The van der Waals surface area contributed by atoms with Gasteiger partial charge in [0.2, 0.25) is 5.91 Å². The maximum absolute atomic E-state index is 12.9. The largest absolute Gasteiger partial charge is 0.354 e. The lowest BCUT2D eigenvalue weighted by molar-refractivity contribution is -0.136. The number of amides is 3. The number of carbonyl (C=O) groups excluding carboxylic acids is 3. The average Bonchev–Trinajstić information content (AvgIpc) is 2.88. The molecule has 35 heavy (non-hydrogen) atoms. The molecular formula is C28H31N3O3S. The number of rotatable bonds is 12. The molecule has 0 aromatic heterocycles. The summed E-state index contributed by atoms with van der Waals surface area (Å²) >= 11 is 4.41. The molecule has 0 fully saturated rings. The van der Waals surface area contributed by atoms with Crippen LogP contribution in [0.5, 0.6) is 0 Å². The second-order valence-corrected chi connectivity index (χ2v) is 8.82. The highest BCUT2D eigenvalue weighted by atomic mass is 32.1. The Bertz CT molecular complexity index is 1020. The predicted molar refractivity (Wildman–Crippen MR) is 141 cm³/mol. The molecule has 3 N–H and O–H groups in total. The highest BCUT2D eigenvalue weighted by Crippen LogP contribution is 2.08. The van der Waals surface area contributed by atoms with Crippen molar-refractivity contribution in [1.29, 1.82) is 0 Å². The molecule has 3 rings (SSSR count). The van der Waals surface area contributed by atoms with Crippen LogP contribution in [0.3, 0.4) is 0 Å². The Kier molecular flexibility index (Phi) is 10.4. The van der Waals surface area contributed by atoms with Crippen molar-refractivity contribution >= 4 is 30.4 Å². The molecule has 0 saturated heterocycles.